The van der Waals surface area contributed by atoms with E-state index >= 15 is 0 Å². The van der Waals surface area contributed by atoms with Crippen molar-refractivity contribution < 1.29 is 19.0 Å². The molecular weight excluding hydrogens is 462 g/mol. The molecule has 1 fully saturated rings. The number of piperidine rings is 1. The number of likely N-dealkylation sites (tertiary alicyclic amines) is 1. The number of benzene rings is 1. The second-order valence-electron chi connectivity index (χ2n) is 11.0. The van der Waals surface area contributed by atoms with Crippen molar-refractivity contribution in [1.82, 2.24) is 4.90 Å². The van der Waals surface area contributed by atoms with Gasteiger partial charge in [-0.3, -0.25) is 9.69 Å². The van der Waals surface area contributed by atoms with Crippen LogP contribution in [0.4, 0.5) is 0 Å². The number of ketones is 1. The van der Waals surface area contributed by atoms with Crippen LogP contribution in [0.1, 0.15) is 128 Å². The van der Waals surface area contributed by atoms with Crippen LogP contribution in [0.2, 0.25) is 0 Å². The number of rotatable bonds is 20. The van der Waals surface area contributed by atoms with Gasteiger partial charge in [0, 0.05) is 23.7 Å². The lowest BCUT2D eigenvalue weighted by molar-refractivity contribution is -0.122. The van der Waals surface area contributed by atoms with Crippen molar-refractivity contribution in [2.24, 2.45) is 0 Å². The third-order valence-electron chi connectivity index (χ3n) is 8.14. The van der Waals surface area contributed by atoms with Gasteiger partial charge in [0.2, 0.25) is 0 Å². The van der Waals surface area contributed by atoms with Crippen LogP contribution in [0.5, 0.6) is 17.2 Å². The Balaban J connectivity index is 1.96. The van der Waals surface area contributed by atoms with E-state index in [4.69, 9.17) is 14.2 Å². The van der Waals surface area contributed by atoms with Crippen molar-refractivity contribution in [3.63, 3.8) is 0 Å². The van der Waals surface area contributed by atoms with Gasteiger partial charge in [-0.1, -0.05) is 90.4 Å². The van der Waals surface area contributed by atoms with E-state index in [0.29, 0.717) is 29.8 Å². The molecule has 0 bridgehead atoms. The number of Topliss-reactive ketones (excluding diaryl/α,β-unsaturated/α-hetero) is 1. The first kappa shape index (κ1) is 31.5. The molecule has 1 aliphatic heterocycles. The standard InChI is InChI=1S/C32H55NO4/c1-6-7-8-9-10-11-12-13-14-15-16-17-21-28(29(34)25-33-22-19-18-20-26(33)2)32-30(36-4)23-27(35-3)24-31(32)37-5/h23-24,26,28H,6-22,25H2,1-5H3. The second-order valence-corrected chi connectivity index (χ2v) is 11.0. The van der Waals surface area contributed by atoms with Crippen molar-refractivity contribution in [2.45, 2.75) is 129 Å². The minimum atomic E-state index is -0.229. The molecule has 212 valence electrons. The number of methoxy groups -OCH3 is 3. The average Bonchev–Trinajstić information content (AvgIpc) is 2.92. The number of hydrogen-bond donors (Lipinski definition) is 0. The lowest BCUT2D eigenvalue weighted by Gasteiger charge is -2.34. The van der Waals surface area contributed by atoms with Crippen molar-refractivity contribution in [2.75, 3.05) is 34.4 Å². The molecule has 1 aliphatic rings. The SMILES string of the molecule is CCCCCCCCCCCCCCC(C(=O)CN1CCCCC1C)c1c(OC)cc(OC)cc1OC. The first-order chi connectivity index (χ1) is 18.0. The van der Waals surface area contributed by atoms with E-state index in [9.17, 15) is 4.79 Å². The largest absolute Gasteiger partial charge is 0.496 e. The highest BCUT2D eigenvalue weighted by Crippen LogP contribution is 2.42. The first-order valence-electron chi connectivity index (χ1n) is 15.1. The molecule has 0 amide bonds. The summed E-state index contributed by atoms with van der Waals surface area (Å²) in [7, 11) is 4.96. The Bertz CT molecular complexity index is 740. The molecule has 5 nitrogen and oxygen atoms in total. The lowest BCUT2D eigenvalue weighted by Crippen LogP contribution is -2.42. The Morgan fingerprint density at radius 2 is 1.38 bits per heavy atom. The molecule has 0 spiro atoms. The highest BCUT2D eigenvalue weighted by atomic mass is 16.5. The fourth-order valence-electron chi connectivity index (χ4n) is 5.73. The maximum Gasteiger partial charge on any atom is 0.154 e. The second kappa shape index (κ2) is 18.5. The Kier molecular flexibility index (Phi) is 15.7. The zero-order valence-corrected chi connectivity index (χ0v) is 24.6. The van der Waals surface area contributed by atoms with Gasteiger partial charge in [0.25, 0.3) is 0 Å². The monoisotopic (exact) mass is 517 g/mol. The summed E-state index contributed by atoms with van der Waals surface area (Å²) < 4.78 is 17.0. The van der Waals surface area contributed by atoms with Gasteiger partial charge in [-0.15, -0.1) is 0 Å². The number of nitrogens with zero attached hydrogens (tertiary/aromatic N) is 1. The first-order valence-corrected chi connectivity index (χ1v) is 15.1. The zero-order valence-electron chi connectivity index (χ0n) is 24.6. The number of carbonyl (C=O) groups is 1. The van der Waals surface area contributed by atoms with E-state index in [-0.39, 0.29) is 11.7 Å². The molecule has 1 aromatic carbocycles. The summed E-state index contributed by atoms with van der Waals surface area (Å²) >= 11 is 0. The molecule has 0 aliphatic carbocycles. The van der Waals surface area contributed by atoms with Crippen LogP contribution < -0.4 is 14.2 Å². The number of unbranched alkanes of at least 4 members (excludes halogenated alkanes) is 11. The van der Waals surface area contributed by atoms with E-state index < -0.39 is 0 Å². The summed E-state index contributed by atoms with van der Waals surface area (Å²) in [4.78, 5) is 16.2. The van der Waals surface area contributed by atoms with Gasteiger partial charge >= 0.3 is 0 Å². The smallest absolute Gasteiger partial charge is 0.154 e. The van der Waals surface area contributed by atoms with Crippen LogP contribution in [0.15, 0.2) is 12.1 Å². The summed E-state index contributed by atoms with van der Waals surface area (Å²) in [6.45, 7) is 6.04. The van der Waals surface area contributed by atoms with Crippen LogP contribution in [0, 0.1) is 0 Å². The van der Waals surface area contributed by atoms with E-state index in [1.165, 1.54) is 89.9 Å². The molecule has 37 heavy (non-hydrogen) atoms. The minimum absolute atomic E-state index is 0.229. The normalized spacial score (nSPS) is 16.9. The molecule has 1 aromatic rings. The predicted octanol–water partition coefficient (Wildman–Crippen LogP) is 8.33. The van der Waals surface area contributed by atoms with Crippen molar-refractivity contribution in [3.05, 3.63) is 17.7 Å². The summed E-state index contributed by atoms with van der Waals surface area (Å²) in [5.74, 6) is 2.09. The Morgan fingerprint density at radius 1 is 0.838 bits per heavy atom. The molecule has 0 N–H and O–H groups in total. The van der Waals surface area contributed by atoms with E-state index in [0.717, 1.165) is 24.9 Å². The van der Waals surface area contributed by atoms with Crippen molar-refractivity contribution >= 4 is 5.78 Å². The van der Waals surface area contributed by atoms with Gasteiger partial charge in [-0.05, 0) is 32.7 Å². The van der Waals surface area contributed by atoms with Crippen LogP contribution in [-0.4, -0.2) is 51.1 Å². The fourth-order valence-corrected chi connectivity index (χ4v) is 5.73. The topological polar surface area (TPSA) is 48.0 Å². The van der Waals surface area contributed by atoms with Crippen LogP contribution in [0.3, 0.4) is 0 Å². The van der Waals surface area contributed by atoms with Crippen LogP contribution in [-0.2, 0) is 4.79 Å². The van der Waals surface area contributed by atoms with E-state index in [1.807, 2.05) is 12.1 Å². The quantitative estimate of drug-likeness (QED) is 0.163. The maximum atomic E-state index is 13.8. The average molecular weight is 518 g/mol. The third-order valence-corrected chi connectivity index (χ3v) is 8.14. The Morgan fingerprint density at radius 3 is 1.86 bits per heavy atom. The highest BCUT2D eigenvalue weighted by Gasteiger charge is 2.30. The van der Waals surface area contributed by atoms with E-state index in [2.05, 4.69) is 18.7 Å². The van der Waals surface area contributed by atoms with Gasteiger partial charge in [0.05, 0.1) is 33.8 Å². The summed E-state index contributed by atoms with van der Waals surface area (Å²) in [5, 5.41) is 0. The Hall–Kier alpha value is -1.75. The Labute approximate surface area is 227 Å². The fraction of sp³-hybridized carbons (Fsp3) is 0.781. The number of hydrogen-bond acceptors (Lipinski definition) is 5. The maximum absolute atomic E-state index is 13.8. The molecule has 2 rings (SSSR count). The lowest BCUT2D eigenvalue weighted by atomic mass is 9.86. The predicted molar refractivity (Wildman–Crippen MR) is 154 cm³/mol. The highest BCUT2D eigenvalue weighted by molar-refractivity contribution is 5.89. The van der Waals surface area contributed by atoms with Gasteiger partial charge in [-0.25, -0.2) is 0 Å². The zero-order chi connectivity index (χ0) is 26.9. The van der Waals surface area contributed by atoms with Crippen LogP contribution >= 0.6 is 0 Å². The van der Waals surface area contributed by atoms with Gasteiger partial charge < -0.3 is 14.2 Å². The number of carbonyl (C=O) groups excluding carboxylic acids is 1. The molecule has 0 radical (unpaired) electrons. The van der Waals surface area contributed by atoms with Gasteiger partial charge in [0.15, 0.2) is 5.78 Å². The number of ether oxygens (including phenoxy) is 3. The van der Waals surface area contributed by atoms with Gasteiger partial charge in [-0.2, -0.15) is 0 Å². The third kappa shape index (κ3) is 10.9. The molecule has 1 heterocycles. The summed E-state index contributed by atoms with van der Waals surface area (Å²) in [6, 6.07) is 4.22. The minimum Gasteiger partial charge on any atom is -0.496 e. The van der Waals surface area contributed by atoms with Crippen molar-refractivity contribution in [1.29, 1.82) is 0 Å². The molecule has 5 heteroatoms. The van der Waals surface area contributed by atoms with Gasteiger partial charge in [0.1, 0.15) is 17.2 Å². The summed E-state index contributed by atoms with van der Waals surface area (Å²) in [5.41, 5.74) is 0.878. The molecule has 1 saturated heterocycles. The summed E-state index contributed by atoms with van der Waals surface area (Å²) in [6.07, 6.45) is 20.2. The molecule has 0 aromatic heterocycles. The molecule has 0 saturated carbocycles. The van der Waals surface area contributed by atoms with Crippen molar-refractivity contribution in [3.8, 4) is 17.2 Å². The molecule has 2 atom stereocenters. The van der Waals surface area contributed by atoms with Crippen LogP contribution in [0.25, 0.3) is 0 Å². The van der Waals surface area contributed by atoms with E-state index in [1.54, 1.807) is 21.3 Å². The molecular formula is C32H55NO4. The molecule has 2 unspecified atom stereocenters.